The number of aromatic amines is 1. The van der Waals surface area contributed by atoms with Gasteiger partial charge < -0.3 is 15.4 Å². The van der Waals surface area contributed by atoms with Crippen LogP contribution in [-0.4, -0.2) is 51.2 Å². The van der Waals surface area contributed by atoms with E-state index < -0.39 is 17.6 Å². The molecule has 1 aliphatic rings. The van der Waals surface area contributed by atoms with E-state index in [2.05, 4.69) is 44.6 Å². The molecule has 0 bridgehead atoms. The molecule has 0 radical (unpaired) electrons. The van der Waals surface area contributed by atoms with Gasteiger partial charge in [0, 0.05) is 41.1 Å². The van der Waals surface area contributed by atoms with Crippen LogP contribution in [0.2, 0.25) is 0 Å². The Balaban J connectivity index is 1.36. The van der Waals surface area contributed by atoms with Crippen LogP contribution >= 0.6 is 0 Å². The molecule has 1 aliphatic heterocycles. The number of carbonyl (C=O) groups excluding carboxylic acids is 1. The van der Waals surface area contributed by atoms with Crippen LogP contribution in [0.4, 0.5) is 30.4 Å². The van der Waals surface area contributed by atoms with Crippen LogP contribution < -0.4 is 15.4 Å². The summed E-state index contributed by atoms with van der Waals surface area (Å²) in [6.45, 7) is 5.39. The van der Waals surface area contributed by atoms with Gasteiger partial charge in [-0.2, -0.15) is 18.3 Å². The van der Waals surface area contributed by atoms with E-state index in [4.69, 9.17) is 4.74 Å². The average molecular weight is 539 g/mol. The normalized spacial score (nSPS) is 16.1. The first-order chi connectivity index (χ1) is 18.7. The molecule has 4 aromatic rings. The molecular weight excluding hydrogens is 509 g/mol. The third-order valence-electron chi connectivity index (χ3n) is 6.78. The van der Waals surface area contributed by atoms with Gasteiger partial charge in [-0.3, -0.25) is 14.8 Å². The average Bonchev–Trinajstić information content (AvgIpc) is 3.56. The molecule has 1 saturated heterocycles. The number of H-pyrrole nitrogens is 1. The van der Waals surface area contributed by atoms with Gasteiger partial charge in [-0.1, -0.05) is 0 Å². The summed E-state index contributed by atoms with van der Waals surface area (Å²) in [6, 6.07) is 12.4. The molecule has 0 spiro atoms. The molecule has 1 amide bonds. The van der Waals surface area contributed by atoms with Gasteiger partial charge in [-0.15, -0.1) is 0 Å². The van der Waals surface area contributed by atoms with Crippen LogP contribution in [0.3, 0.4) is 0 Å². The Labute approximate surface area is 223 Å². The summed E-state index contributed by atoms with van der Waals surface area (Å²) < 4.78 is 47.0. The summed E-state index contributed by atoms with van der Waals surface area (Å²) in [5.74, 6) is -0.305. The number of rotatable bonds is 8. The van der Waals surface area contributed by atoms with E-state index in [1.54, 1.807) is 18.3 Å². The Hall–Kier alpha value is -4.12. The van der Waals surface area contributed by atoms with E-state index in [-0.39, 0.29) is 35.5 Å². The fourth-order valence-corrected chi connectivity index (χ4v) is 4.87. The smallest absolute Gasteiger partial charge is 0.416 e. The molecule has 204 valence electrons. The van der Waals surface area contributed by atoms with Crippen LogP contribution in [0.25, 0.3) is 10.9 Å². The summed E-state index contributed by atoms with van der Waals surface area (Å²) in [6.07, 6.45) is 0.550. The third kappa shape index (κ3) is 6.14. The number of likely N-dealkylation sites (tertiary alicyclic amines) is 1. The number of halogens is 3. The Morgan fingerprint density at radius 1 is 1.18 bits per heavy atom. The number of fused-ring (bicyclic) bond motifs is 1. The third-order valence-corrected chi connectivity index (χ3v) is 6.78. The van der Waals surface area contributed by atoms with Crippen LogP contribution in [-0.2, 0) is 6.18 Å². The van der Waals surface area contributed by atoms with Crippen molar-refractivity contribution in [1.82, 2.24) is 20.1 Å². The SMILES string of the molecule is CC(C)N1CCCC1COc1cc(NC(=O)c2cccnc2Nc2ccc3cn[nH]c3c2)cc(C(F)(F)F)c1. The van der Waals surface area contributed by atoms with Crippen LogP contribution in [0, 0.1) is 0 Å². The fraction of sp³-hybridized carbons (Fsp3) is 0.321. The maximum absolute atomic E-state index is 13.7. The Morgan fingerprint density at radius 3 is 2.82 bits per heavy atom. The predicted molar refractivity (Wildman–Crippen MR) is 143 cm³/mol. The maximum Gasteiger partial charge on any atom is 0.416 e. The summed E-state index contributed by atoms with van der Waals surface area (Å²) in [7, 11) is 0. The van der Waals surface area contributed by atoms with Crippen molar-refractivity contribution < 1.29 is 22.7 Å². The van der Waals surface area contributed by atoms with Crippen molar-refractivity contribution in [1.29, 1.82) is 0 Å². The van der Waals surface area contributed by atoms with Gasteiger partial charge in [-0.25, -0.2) is 4.98 Å². The highest BCUT2D eigenvalue weighted by atomic mass is 19.4. The minimum Gasteiger partial charge on any atom is -0.492 e. The molecular formula is C28H29F3N6O2. The van der Waals surface area contributed by atoms with Crippen molar-refractivity contribution in [2.24, 2.45) is 0 Å². The number of carbonyl (C=O) groups is 1. The van der Waals surface area contributed by atoms with E-state index >= 15 is 0 Å². The number of ether oxygens (including phenoxy) is 1. The van der Waals surface area contributed by atoms with Gasteiger partial charge in [0.1, 0.15) is 18.2 Å². The van der Waals surface area contributed by atoms with Crippen LogP contribution in [0.5, 0.6) is 5.75 Å². The molecule has 2 aromatic carbocycles. The van der Waals surface area contributed by atoms with Crippen LogP contribution in [0.15, 0.2) is 60.9 Å². The number of anilines is 3. The van der Waals surface area contributed by atoms with Gasteiger partial charge in [0.05, 0.1) is 22.8 Å². The molecule has 1 unspecified atom stereocenters. The number of pyridine rings is 1. The summed E-state index contributed by atoms with van der Waals surface area (Å²) >= 11 is 0. The van der Waals surface area contributed by atoms with Crippen molar-refractivity contribution in [3.05, 3.63) is 72.1 Å². The second kappa shape index (κ2) is 10.9. The zero-order valence-electron chi connectivity index (χ0n) is 21.5. The van der Waals surface area contributed by atoms with Gasteiger partial charge in [0.25, 0.3) is 5.91 Å². The van der Waals surface area contributed by atoms with E-state index in [0.717, 1.165) is 42.4 Å². The second-order valence-corrected chi connectivity index (χ2v) is 9.83. The first-order valence-corrected chi connectivity index (χ1v) is 12.7. The first-order valence-electron chi connectivity index (χ1n) is 12.7. The van der Waals surface area contributed by atoms with Gasteiger partial charge in [0.2, 0.25) is 0 Å². The molecule has 39 heavy (non-hydrogen) atoms. The first kappa shape index (κ1) is 26.5. The largest absolute Gasteiger partial charge is 0.492 e. The van der Waals surface area contributed by atoms with Gasteiger partial charge in [-0.05, 0) is 75.7 Å². The lowest BCUT2D eigenvalue weighted by Crippen LogP contribution is -2.39. The lowest BCUT2D eigenvalue weighted by atomic mass is 10.1. The van der Waals surface area contributed by atoms with E-state index in [1.807, 2.05) is 18.2 Å². The zero-order valence-corrected chi connectivity index (χ0v) is 21.5. The molecule has 0 aliphatic carbocycles. The number of alkyl halides is 3. The standard InChI is InChI=1S/C28H29F3N6O2/c1-17(2)37-10-4-5-22(37)16-39-23-12-19(28(29,30)31)11-21(13-23)35-27(38)24-6-3-9-32-26(24)34-20-8-7-18-15-33-36-25(18)14-20/h3,6-9,11-15,17,22H,4-5,10,16H2,1-2H3,(H,32,34)(H,33,36)(H,35,38). The highest BCUT2D eigenvalue weighted by molar-refractivity contribution is 6.08. The van der Waals surface area contributed by atoms with E-state index in [1.165, 1.54) is 12.3 Å². The van der Waals surface area contributed by atoms with Crippen molar-refractivity contribution in [3.8, 4) is 5.75 Å². The summed E-state index contributed by atoms with van der Waals surface area (Å²) in [5, 5.41) is 13.5. The summed E-state index contributed by atoms with van der Waals surface area (Å²) in [5.41, 5.74) is 0.704. The number of hydrogen-bond donors (Lipinski definition) is 3. The molecule has 3 N–H and O–H groups in total. The molecule has 11 heteroatoms. The van der Waals surface area contributed by atoms with Crippen LogP contribution in [0.1, 0.15) is 42.6 Å². The molecule has 8 nitrogen and oxygen atoms in total. The Kier molecular flexibility index (Phi) is 7.42. The van der Waals surface area contributed by atoms with Crippen molar-refractivity contribution in [2.75, 3.05) is 23.8 Å². The fourth-order valence-electron chi connectivity index (χ4n) is 4.87. The molecule has 5 rings (SSSR count). The van der Waals surface area contributed by atoms with Gasteiger partial charge >= 0.3 is 6.18 Å². The maximum atomic E-state index is 13.7. The Bertz CT molecular complexity index is 1470. The van der Waals surface area contributed by atoms with Crippen molar-refractivity contribution >= 4 is 34.0 Å². The molecule has 1 fully saturated rings. The lowest BCUT2D eigenvalue weighted by molar-refractivity contribution is -0.137. The molecule has 2 aromatic heterocycles. The van der Waals surface area contributed by atoms with Crippen molar-refractivity contribution in [3.63, 3.8) is 0 Å². The number of amides is 1. The number of aromatic nitrogens is 3. The highest BCUT2D eigenvalue weighted by Crippen LogP contribution is 2.35. The zero-order chi connectivity index (χ0) is 27.6. The highest BCUT2D eigenvalue weighted by Gasteiger charge is 2.32. The molecule has 1 atom stereocenters. The minimum absolute atomic E-state index is 0.0226. The lowest BCUT2D eigenvalue weighted by Gasteiger charge is -2.28. The monoisotopic (exact) mass is 538 g/mol. The predicted octanol–water partition coefficient (Wildman–Crippen LogP) is 6.22. The quantitative estimate of drug-likeness (QED) is 0.246. The van der Waals surface area contributed by atoms with E-state index in [9.17, 15) is 18.0 Å². The van der Waals surface area contributed by atoms with Crippen molar-refractivity contribution in [2.45, 2.75) is 44.9 Å². The number of hydrogen-bond acceptors (Lipinski definition) is 6. The topological polar surface area (TPSA) is 95.2 Å². The van der Waals surface area contributed by atoms with E-state index in [0.29, 0.717) is 11.7 Å². The molecule has 3 heterocycles. The Morgan fingerprint density at radius 2 is 2.03 bits per heavy atom. The minimum atomic E-state index is -4.61. The number of nitrogens with zero attached hydrogens (tertiary/aromatic N) is 3. The molecule has 0 saturated carbocycles. The second-order valence-electron chi connectivity index (χ2n) is 9.83. The number of nitrogens with one attached hydrogen (secondary N) is 3. The summed E-state index contributed by atoms with van der Waals surface area (Å²) in [4.78, 5) is 19.8. The number of benzene rings is 2. The van der Waals surface area contributed by atoms with Gasteiger partial charge in [0.15, 0.2) is 0 Å².